The van der Waals surface area contributed by atoms with E-state index < -0.39 is 54.7 Å². The van der Waals surface area contributed by atoms with Gasteiger partial charge in [-0.25, -0.2) is 49.7 Å². The van der Waals surface area contributed by atoms with Gasteiger partial charge in [0.1, 0.15) is 58.5 Å². The number of ether oxygens (including phenoxy) is 1. The number of anilines is 13. The van der Waals surface area contributed by atoms with Crippen LogP contribution in [0.5, 0.6) is 5.75 Å². The number of carbonyl (C=O) groups excluding carboxylic acids is 1. The topological polar surface area (TPSA) is 425 Å². The van der Waals surface area contributed by atoms with Crippen LogP contribution in [0.1, 0.15) is 15.2 Å². The Bertz CT molecular complexity index is 7460. The highest BCUT2D eigenvalue weighted by molar-refractivity contribution is 7.89. The van der Waals surface area contributed by atoms with Crippen LogP contribution in [0.15, 0.2) is 259 Å². The molecule has 2 saturated heterocycles. The number of halogens is 4. The first kappa shape index (κ1) is 90.5. The van der Waals surface area contributed by atoms with Crippen molar-refractivity contribution < 1.29 is 43.9 Å². The predicted molar refractivity (Wildman–Crippen MR) is 522 cm³/mol. The van der Waals surface area contributed by atoms with Crippen LogP contribution >= 0.6 is 56.7 Å². The molecule has 31 nitrogen and oxygen atoms in total. The Balaban J connectivity index is 0.000000116. The second kappa shape index (κ2) is 40.1. The lowest BCUT2D eigenvalue weighted by Gasteiger charge is -2.34. The van der Waals surface area contributed by atoms with Gasteiger partial charge in [0, 0.05) is 109 Å². The number of likely N-dealkylation sites (N-methyl/N-ethyl adjacent to an activating group) is 2. The molecule has 2 aliphatic rings. The van der Waals surface area contributed by atoms with Gasteiger partial charge in [0.25, 0.3) is 0 Å². The van der Waals surface area contributed by atoms with E-state index in [1.165, 1.54) is 77.7 Å². The molecule has 0 unspecified atom stereocenters. The van der Waals surface area contributed by atoms with Gasteiger partial charge in [-0.2, -0.15) is 40.3 Å². The molecule has 0 radical (unpaired) electrons. The molecule has 2 aliphatic heterocycles. The van der Waals surface area contributed by atoms with Crippen molar-refractivity contribution in [2.45, 2.75) is 9.79 Å². The average Bonchev–Trinajstić information content (AvgIpc) is 1.67. The van der Waals surface area contributed by atoms with E-state index in [4.69, 9.17) is 20.7 Å². The maximum atomic E-state index is 14.1. The third-order valence-corrected chi connectivity index (χ3v) is 27.8. The molecule has 15 N–H and O–H groups in total. The molecule has 0 spiro atoms. The predicted octanol–water partition coefficient (Wildman–Crippen LogP) is 18.8. The number of hydrogen-bond acceptors (Lipinski definition) is 30. The monoisotopic (exact) mass is 1920 g/mol. The Kier molecular flexibility index (Phi) is 27.3. The summed E-state index contributed by atoms with van der Waals surface area (Å²) in [6.07, 6.45) is 0. The summed E-state index contributed by atoms with van der Waals surface area (Å²) in [7, 11) is -1.52. The molecule has 10 aromatic carbocycles. The zero-order valence-electron chi connectivity index (χ0n) is 70.7. The lowest BCUT2D eigenvalue weighted by atomic mass is 10.1. The van der Waals surface area contributed by atoms with Crippen molar-refractivity contribution in [1.29, 1.82) is 0 Å². The van der Waals surface area contributed by atoms with E-state index in [0.717, 1.165) is 185 Å². The van der Waals surface area contributed by atoms with Crippen molar-refractivity contribution in [2.24, 2.45) is 10.3 Å². The lowest BCUT2D eigenvalue weighted by molar-refractivity contribution is 0.103. The molecule has 19 aromatic rings. The maximum Gasteiger partial charge on any atom is 0.238 e. The number of nitrogens with zero attached hydrogens (tertiary/aromatic N) is 13. The zero-order chi connectivity index (χ0) is 92.4. The number of methoxy groups -OCH3 is 1. The van der Waals surface area contributed by atoms with Crippen LogP contribution in [0.25, 0.3) is 86.4 Å². The number of nitrogens with one attached hydrogen (secondary N) is 9. The number of ketones is 1. The molecule has 0 amide bonds. The van der Waals surface area contributed by atoms with E-state index in [9.17, 15) is 39.2 Å². The summed E-state index contributed by atoms with van der Waals surface area (Å²) in [6, 6.07) is 73.4. The minimum Gasteiger partial charge on any atom is -0.497 e. The van der Waals surface area contributed by atoms with Gasteiger partial charge >= 0.3 is 0 Å². The van der Waals surface area contributed by atoms with Gasteiger partial charge < -0.3 is 56.7 Å². The van der Waals surface area contributed by atoms with Crippen LogP contribution in [0.3, 0.4) is 0 Å². The fraction of sp³-hybridized carbons (Fsp3) is 0.121. The summed E-state index contributed by atoms with van der Waals surface area (Å²) in [5, 5.41) is 58.0. The molecular formula is C91H81F4N25O6S7. The van der Waals surface area contributed by atoms with Crippen molar-refractivity contribution in [3.8, 4) is 50.8 Å². The SMILES string of the molecule is CN1CCN(c2ccc(Nc3nc(N)c(C(=O)c4c(F)cccc4F)s3)cc2)CC1.CN1CCN(c2ccc(Nc3nc4n[nH]c(-c5ccccc5)c4s3)cc2)CC1.COc1ccc(Nc2nc3n[nH]c(-c4ccccc4)c3s2)cc1.NS(=O)(=O)c1ccc(Nc2nc3n[nH]c(-c4c(F)cccc4F)c3s2)cc1.NS(=O)(=O)c1ccc(Nc2nc3n[nH]c(-c4ccccc4)c3s2)cc1. The van der Waals surface area contributed by atoms with E-state index in [2.05, 4.69) is 175 Å². The smallest absolute Gasteiger partial charge is 0.238 e. The minimum absolute atomic E-state index is 0.00411. The zero-order valence-corrected chi connectivity index (χ0v) is 76.4. The maximum absolute atomic E-state index is 14.1. The van der Waals surface area contributed by atoms with Gasteiger partial charge in [-0.3, -0.25) is 25.2 Å². The molecule has 42 heteroatoms. The normalized spacial score (nSPS) is 13.0. The minimum atomic E-state index is -3.77. The molecule has 0 aliphatic carbocycles. The van der Waals surface area contributed by atoms with E-state index in [1.807, 2.05) is 115 Å². The molecule has 0 saturated carbocycles. The summed E-state index contributed by atoms with van der Waals surface area (Å²) in [4.78, 5) is 44.1. The Morgan fingerprint density at radius 1 is 0.368 bits per heavy atom. The Morgan fingerprint density at radius 2 is 0.662 bits per heavy atom. The number of fused-ring (bicyclic) bond motifs is 4. The first-order valence-electron chi connectivity index (χ1n) is 40.9. The average molecular weight is 1920 g/mol. The van der Waals surface area contributed by atoms with E-state index >= 15 is 0 Å². The summed E-state index contributed by atoms with van der Waals surface area (Å²) in [6.45, 7) is 8.39. The van der Waals surface area contributed by atoms with Crippen molar-refractivity contribution in [3.05, 3.63) is 282 Å². The number of aromatic nitrogens is 13. The summed E-state index contributed by atoms with van der Waals surface area (Å²) in [5.74, 6) is -3.33. The number of aromatic amines is 4. The van der Waals surface area contributed by atoms with Crippen LogP contribution in [-0.2, 0) is 20.0 Å². The summed E-state index contributed by atoms with van der Waals surface area (Å²) >= 11 is 6.79. The Morgan fingerprint density at radius 3 is 0.985 bits per heavy atom. The van der Waals surface area contributed by atoms with Crippen LogP contribution in [0.4, 0.5) is 88.8 Å². The third kappa shape index (κ3) is 21.6. The van der Waals surface area contributed by atoms with Crippen molar-refractivity contribution >= 4 is 195 Å². The molecule has 0 atom stereocenters. The van der Waals surface area contributed by atoms with E-state index in [1.54, 1.807) is 41.9 Å². The number of sulfonamides is 2. The Labute approximate surface area is 778 Å². The highest BCUT2D eigenvalue weighted by Crippen LogP contribution is 2.42. The van der Waals surface area contributed by atoms with Gasteiger partial charge in [0.2, 0.25) is 25.8 Å². The van der Waals surface area contributed by atoms with E-state index in [-0.39, 0.29) is 31.7 Å². The van der Waals surface area contributed by atoms with Crippen LogP contribution < -0.4 is 57.1 Å². The van der Waals surface area contributed by atoms with Gasteiger partial charge in [0.05, 0.1) is 50.8 Å². The largest absolute Gasteiger partial charge is 0.497 e. The third-order valence-electron chi connectivity index (χ3n) is 21.1. The number of nitrogens with two attached hydrogens (primary N) is 3. The summed E-state index contributed by atoms with van der Waals surface area (Å²) in [5.41, 5.74) is 20.3. The summed E-state index contributed by atoms with van der Waals surface area (Å²) < 4.78 is 110. The van der Waals surface area contributed by atoms with Crippen LogP contribution in [0.2, 0.25) is 0 Å². The lowest BCUT2D eigenvalue weighted by Crippen LogP contribution is -2.44. The van der Waals surface area contributed by atoms with E-state index in [0.29, 0.717) is 42.8 Å². The van der Waals surface area contributed by atoms with Crippen LogP contribution in [-0.4, -0.2) is 172 Å². The highest BCUT2D eigenvalue weighted by atomic mass is 32.2. The number of thiazole rings is 5. The number of carbonyl (C=O) groups is 1. The number of hydrogen-bond donors (Lipinski definition) is 12. The second-order valence-corrected chi connectivity index (χ2v) is 38.2. The second-order valence-electron chi connectivity index (χ2n) is 30.1. The standard InChI is InChI=1S/C21H21F2N5OS.C21H22N6S.C17H14N4OS.C16H11F2N5O2S2.C16H13N5O2S2/c1-27-9-11-28(12-10-27)14-7-5-13(6-8-14)25-21-26-20(24)19(30-21)18(29)17-15(22)3-2-4-16(17)23;1-26-11-13-27(14-12-26)17-9-7-16(8-10-17)22-21-23-20-19(28-21)18(24-25-20)15-5-3-2-4-6-15;1-22-13-9-7-12(8-10-13)18-17-19-16-15(23-17)14(20-21-16)11-5-3-2-4-6-11;17-10-2-1-3-11(18)12(10)13-14-15(23-22-13)21-16(26-14)20-8-4-6-9(7-5-8)27(19,24)25;17-25(22,23)12-8-6-11(7-9-12)18-16-19-15-14(24-16)13(20-21-15)10-4-2-1-3-5-10/h2-8H,9-12,24H2,1H3,(H,25,26);2-10H,11-14H2,1H3,(H2,22,23,24,25);2-10H,1H3,(H2,18,19,20,21);1-7H,(H2,19,24,25)(H2,20,21,22,23);1-9H,(H2,17,22,23)(H2,18,19,20,21). The van der Waals surface area contributed by atoms with Gasteiger partial charge in [-0.1, -0.05) is 160 Å². The fourth-order valence-corrected chi connectivity index (χ4v) is 19.8. The fourth-order valence-electron chi connectivity index (χ4n) is 14.1. The highest BCUT2D eigenvalue weighted by Gasteiger charge is 2.27. The first-order chi connectivity index (χ1) is 64.3. The van der Waals surface area contributed by atoms with Crippen molar-refractivity contribution in [2.75, 3.05) is 116 Å². The van der Waals surface area contributed by atoms with Gasteiger partial charge in [-0.05, 0) is 160 Å². The van der Waals surface area contributed by atoms with Crippen LogP contribution in [0, 0.1) is 23.3 Å². The number of nitrogen functional groups attached to an aromatic ring is 1. The molecule has 2 fully saturated rings. The molecule has 21 rings (SSSR count). The quantitative estimate of drug-likeness (QED) is 0.0235. The molecule has 0 bridgehead atoms. The number of rotatable bonds is 21. The number of piperazine rings is 2. The molecule has 133 heavy (non-hydrogen) atoms. The van der Waals surface area contributed by atoms with Crippen molar-refractivity contribution in [3.63, 3.8) is 0 Å². The number of primary sulfonamides is 2. The molecular weight excluding hydrogens is 1840 g/mol. The molecule has 9 aromatic heterocycles. The molecule has 676 valence electrons. The number of benzene rings is 10. The molecule has 11 heterocycles. The first-order valence-corrected chi connectivity index (χ1v) is 48.1. The Hall–Kier alpha value is -14.4. The van der Waals surface area contributed by atoms with Gasteiger partial charge in [0.15, 0.2) is 48.2 Å². The van der Waals surface area contributed by atoms with Gasteiger partial charge in [-0.15, -0.1) is 0 Å². The number of H-pyrrole nitrogens is 4. The van der Waals surface area contributed by atoms with Crippen molar-refractivity contribution in [1.82, 2.24) is 75.5 Å².